The summed E-state index contributed by atoms with van der Waals surface area (Å²) in [6.07, 6.45) is 1.80. The molecule has 0 saturated heterocycles. The maximum atomic E-state index is 15.5. The minimum Gasteiger partial charge on any atom is -0.481 e. The van der Waals surface area contributed by atoms with E-state index in [1.54, 1.807) is 18.3 Å². The van der Waals surface area contributed by atoms with Gasteiger partial charge in [0.1, 0.15) is 11.6 Å². The number of fused-ring (bicyclic) bond motifs is 2. The van der Waals surface area contributed by atoms with Crippen LogP contribution in [0.5, 0.6) is 0 Å². The second-order valence-electron chi connectivity index (χ2n) is 7.35. The maximum Gasteiger partial charge on any atom is 0.303 e. The smallest absolute Gasteiger partial charge is 0.303 e. The van der Waals surface area contributed by atoms with E-state index in [1.165, 1.54) is 12.1 Å². The zero-order valence-electron chi connectivity index (χ0n) is 15.7. The summed E-state index contributed by atoms with van der Waals surface area (Å²) < 4.78 is 30.9. The Morgan fingerprint density at radius 3 is 2.61 bits per heavy atom. The Kier molecular flexibility index (Phi) is 4.49. The molecule has 1 aromatic heterocycles. The largest absolute Gasteiger partial charge is 0.481 e. The molecule has 144 valence electrons. The molecule has 6 heteroatoms. The van der Waals surface area contributed by atoms with Crippen LogP contribution in [0.25, 0.3) is 16.6 Å². The number of aliphatic carboxylic acids is 1. The van der Waals surface area contributed by atoms with E-state index in [4.69, 9.17) is 0 Å². The van der Waals surface area contributed by atoms with Gasteiger partial charge in [0, 0.05) is 40.5 Å². The second-order valence-corrected chi connectivity index (χ2v) is 7.35. The highest BCUT2D eigenvalue weighted by Crippen LogP contribution is 2.39. The number of nitrogens with zero attached hydrogens (tertiary/aromatic N) is 2. The van der Waals surface area contributed by atoms with E-state index in [0.29, 0.717) is 27.7 Å². The van der Waals surface area contributed by atoms with Crippen molar-refractivity contribution in [2.24, 2.45) is 4.99 Å². The van der Waals surface area contributed by atoms with Crippen molar-refractivity contribution >= 4 is 23.1 Å². The fourth-order valence-electron chi connectivity index (χ4n) is 4.02. The van der Waals surface area contributed by atoms with Crippen LogP contribution < -0.4 is 0 Å². The van der Waals surface area contributed by atoms with E-state index < -0.39 is 5.97 Å². The van der Waals surface area contributed by atoms with Crippen molar-refractivity contribution in [2.75, 3.05) is 0 Å². The Labute approximate surface area is 161 Å². The molecule has 4 rings (SSSR count). The van der Waals surface area contributed by atoms with Gasteiger partial charge in [-0.3, -0.25) is 9.79 Å². The molecule has 1 N–H and O–H groups in total. The van der Waals surface area contributed by atoms with Crippen molar-refractivity contribution in [2.45, 2.75) is 39.2 Å². The summed E-state index contributed by atoms with van der Waals surface area (Å²) in [5.74, 6) is -1.60. The number of halogens is 2. The zero-order valence-corrected chi connectivity index (χ0v) is 15.7. The van der Waals surface area contributed by atoms with Crippen molar-refractivity contribution in [3.8, 4) is 5.69 Å². The lowest BCUT2D eigenvalue weighted by atomic mass is 9.97. The number of hydrogen-bond acceptors (Lipinski definition) is 2. The van der Waals surface area contributed by atoms with E-state index in [-0.39, 0.29) is 36.9 Å². The number of benzene rings is 2. The quantitative estimate of drug-likeness (QED) is 0.676. The van der Waals surface area contributed by atoms with E-state index in [1.807, 2.05) is 24.5 Å². The SMILES string of the molecule is CC(C)c1c(CCC(=O)O)c2c(F)c3c(cc2n1-c1ccc(F)cc1)C=NC3. The van der Waals surface area contributed by atoms with E-state index in [9.17, 15) is 14.3 Å². The number of carboxylic acid groups (broad SMARTS) is 1. The van der Waals surface area contributed by atoms with Gasteiger partial charge in [0.05, 0.1) is 12.1 Å². The van der Waals surface area contributed by atoms with Gasteiger partial charge in [-0.2, -0.15) is 0 Å². The molecule has 0 fully saturated rings. The van der Waals surface area contributed by atoms with Crippen molar-refractivity contribution in [3.05, 3.63) is 64.4 Å². The highest BCUT2D eigenvalue weighted by molar-refractivity contribution is 5.96. The van der Waals surface area contributed by atoms with Gasteiger partial charge in [-0.05, 0) is 48.2 Å². The van der Waals surface area contributed by atoms with Crippen LogP contribution in [0.15, 0.2) is 35.3 Å². The molecule has 1 aliphatic heterocycles. The fraction of sp³-hybridized carbons (Fsp3) is 0.273. The van der Waals surface area contributed by atoms with E-state index in [0.717, 1.165) is 11.3 Å². The molecule has 0 aliphatic carbocycles. The highest BCUT2D eigenvalue weighted by Gasteiger charge is 2.27. The monoisotopic (exact) mass is 382 g/mol. The predicted octanol–water partition coefficient (Wildman–Crippen LogP) is 4.98. The van der Waals surface area contributed by atoms with Crippen molar-refractivity contribution in [1.29, 1.82) is 0 Å². The number of hydrogen-bond donors (Lipinski definition) is 1. The topological polar surface area (TPSA) is 54.6 Å². The first kappa shape index (κ1) is 18.3. The molecule has 0 atom stereocenters. The number of aryl methyl sites for hydroxylation is 1. The Bertz CT molecular complexity index is 1110. The number of aromatic nitrogens is 1. The molecule has 0 spiro atoms. The number of rotatable bonds is 5. The van der Waals surface area contributed by atoms with Gasteiger partial charge < -0.3 is 9.67 Å². The highest BCUT2D eigenvalue weighted by atomic mass is 19.1. The molecule has 0 amide bonds. The first-order valence-corrected chi connectivity index (χ1v) is 9.24. The summed E-state index contributed by atoms with van der Waals surface area (Å²) in [5.41, 5.74) is 4.18. The van der Waals surface area contributed by atoms with Gasteiger partial charge in [0.15, 0.2) is 0 Å². The standard InChI is InChI=1S/C22H20F2N2O2/c1-12(2)22-16(7-8-19(27)28)20-18(9-13-10-25-11-17(13)21(20)24)26(22)15-5-3-14(23)4-6-15/h3-6,9-10,12H,7-8,11H2,1-2H3,(H,27,28). The van der Waals surface area contributed by atoms with Crippen LogP contribution in [0.3, 0.4) is 0 Å². The maximum absolute atomic E-state index is 15.5. The van der Waals surface area contributed by atoms with Crippen molar-refractivity contribution in [1.82, 2.24) is 4.57 Å². The summed E-state index contributed by atoms with van der Waals surface area (Å²) >= 11 is 0. The molecular formula is C22H20F2N2O2. The predicted molar refractivity (Wildman–Crippen MR) is 105 cm³/mol. The molecule has 4 nitrogen and oxygen atoms in total. The minimum atomic E-state index is -0.928. The van der Waals surface area contributed by atoms with Crippen LogP contribution in [0.2, 0.25) is 0 Å². The molecule has 0 unspecified atom stereocenters. The molecule has 0 radical (unpaired) electrons. The lowest BCUT2D eigenvalue weighted by Gasteiger charge is -2.15. The average molecular weight is 382 g/mol. The summed E-state index contributed by atoms with van der Waals surface area (Å²) in [5, 5.41) is 9.64. The summed E-state index contributed by atoms with van der Waals surface area (Å²) in [4.78, 5) is 15.4. The Morgan fingerprint density at radius 1 is 1.25 bits per heavy atom. The fourth-order valence-corrected chi connectivity index (χ4v) is 4.02. The molecule has 2 heterocycles. The van der Waals surface area contributed by atoms with Crippen LogP contribution >= 0.6 is 0 Å². The zero-order chi connectivity index (χ0) is 20.0. The van der Waals surface area contributed by atoms with Gasteiger partial charge >= 0.3 is 5.97 Å². The first-order valence-electron chi connectivity index (χ1n) is 9.24. The second kappa shape index (κ2) is 6.86. The van der Waals surface area contributed by atoms with Crippen molar-refractivity contribution in [3.63, 3.8) is 0 Å². The van der Waals surface area contributed by atoms with Gasteiger partial charge in [-0.1, -0.05) is 13.8 Å². The van der Waals surface area contributed by atoms with Crippen LogP contribution in [-0.2, 0) is 17.8 Å². The molecular weight excluding hydrogens is 362 g/mol. The van der Waals surface area contributed by atoms with E-state index >= 15 is 4.39 Å². The third kappa shape index (κ3) is 2.89. The van der Waals surface area contributed by atoms with Crippen LogP contribution in [0.4, 0.5) is 8.78 Å². The molecule has 1 aliphatic rings. The van der Waals surface area contributed by atoms with E-state index in [2.05, 4.69) is 4.99 Å². The third-order valence-corrected chi connectivity index (χ3v) is 5.17. The van der Waals surface area contributed by atoms with Crippen molar-refractivity contribution < 1.29 is 18.7 Å². The molecule has 0 bridgehead atoms. The Balaban J connectivity index is 2.09. The number of aliphatic imine (C=N–C) groups is 1. The van der Waals surface area contributed by atoms with Crippen LogP contribution in [0, 0.1) is 11.6 Å². The first-order chi connectivity index (χ1) is 13.4. The lowest BCUT2D eigenvalue weighted by molar-refractivity contribution is -0.136. The molecule has 28 heavy (non-hydrogen) atoms. The Morgan fingerprint density at radius 2 is 1.96 bits per heavy atom. The summed E-state index contributed by atoms with van der Waals surface area (Å²) in [6, 6.07) is 7.94. The molecule has 0 saturated carbocycles. The third-order valence-electron chi connectivity index (χ3n) is 5.17. The minimum absolute atomic E-state index is 0.0177. The van der Waals surface area contributed by atoms with Gasteiger partial charge in [-0.25, -0.2) is 8.78 Å². The summed E-state index contributed by atoms with van der Waals surface area (Å²) in [7, 11) is 0. The average Bonchev–Trinajstić information content (AvgIpc) is 3.24. The Hall–Kier alpha value is -3.02. The van der Waals surface area contributed by atoms with Gasteiger partial charge in [-0.15, -0.1) is 0 Å². The summed E-state index contributed by atoms with van der Waals surface area (Å²) in [6.45, 7) is 4.27. The van der Waals surface area contributed by atoms with Crippen LogP contribution in [0.1, 0.15) is 48.6 Å². The molecule has 2 aromatic carbocycles. The van der Waals surface area contributed by atoms with Crippen LogP contribution in [-0.4, -0.2) is 21.9 Å². The van der Waals surface area contributed by atoms with Gasteiger partial charge in [0.25, 0.3) is 0 Å². The number of carbonyl (C=O) groups is 1. The van der Waals surface area contributed by atoms with Gasteiger partial charge in [0.2, 0.25) is 0 Å². The lowest BCUT2D eigenvalue weighted by Crippen LogP contribution is -2.06. The normalized spacial score (nSPS) is 12.9. The number of carboxylic acids is 1. The molecule has 3 aromatic rings.